The standard InChI is InChI=1S/C27H29N7O8/c1-14(15-4-6-17(7-5-15)34(38)39)31-24-22-25(29-12-28-24)33(13-30-22)27-21(23(36)20(11-35)42-27)32-26(37)16-8-18(40-2)10-19(9-16)41-3/h4-10,12-14,20-21,23,27,35-36H,11H2,1-3H3,(H,32,37)(H,28,29,31)/t14-,20-,21-,23-,27-/m1/s1. The predicted molar refractivity (Wildman–Crippen MR) is 148 cm³/mol. The summed E-state index contributed by atoms with van der Waals surface area (Å²) in [6, 6.07) is 9.56. The fourth-order valence-corrected chi connectivity index (χ4v) is 4.78. The summed E-state index contributed by atoms with van der Waals surface area (Å²) in [4.78, 5) is 36.9. The summed E-state index contributed by atoms with van der Waals surface area (Å²) in [5.41, 5.74) is 1.74. The van der Waals surface area contributed by atoms with Gasteiger partial charge in [0.05, 0.1) is 38.1 Å². The minimum atomic E-state index is -1.25. The second kappa shape index (κ2) is 11.9. The van der Waals surface area contributed by atoms with Gasteiger partial charge in [0.1, 0.15) is 36.1 Å². The first-order valence-corrected chi connectivity index (χ1v) is 12.9. The van der Waals surface area contributed by atoms with Crippen molar-refractivity contribution < 1.29 is 34.1 Å². The minimum absolute atomic E-state index is 0.0127. The van der Waals surface area contributed by atoms with E-state index in [0.29, 0.717) is 28.5 Å². The topological polar surface area (TPSA) is 196 Å². The number of nitro benzene ring substituents is 1. The average molecular weight is 580 g/mol. The second-order valence-electron chi connectivity index (χ2n) is 9.60. The normalized spacial score (nSPS) is 20.7. The number of aliphatic hydroxyl groups is 2. The van der Waals surface area contributed by atoms with Gasteiger partial charge in [0.15, 0.2) is 23.2 Å². The molecule has 1 saturated heterocycles. The number of amides is 1. The zero-order chi connectivity index (χ0) is 30.0. The molecule has 1 aliphatic heterocycles. The summed E-state index contributed by atoms with van der Waals surface area (Å²) in [5.74, 6) is 0.688. The smallest absolute Gasteiger partial charge is 0.269 e. The predicted octanol–water partition coefficient (Wildman–Crippen LogP) is 1.97. The van der Waals surface area contributed by atoms with Crippen LogP contribution < -0.4 is 20.1 Å². The van der Waals surface area contributed by atoms with Gasteiger partial charge in [0.2, 0.25) is 0 Å². The lowest BCUT2D eigenvalue weighted by atomic mass is 10.1. The third-order valence-corrected chi connectivity index (χ3v) is 7.05. The third-order valence-electron chi connectivity index (χ3n) is 7.05. The van der Waals surface area contributed by atoms with Crippen molar-refractivity contribution in [2.24, 2.45) is 0 Å². The monoisotopic (exact) mass is 579 g/mol. The first-order chi connectivity index (χ1) is 20.2. The zero-order valence-electron chi connectivity index (χ0n) is 22.9. The van der Waals surface area contributed by atoms with Gasteiger partial charge in [0.25, 0.3) is 11.6 Å². The van der Waals surface area contributed by atoms with Crippen LogP contribution in [-0.2, 0) is 4.74 Å². The van der Waals surface area contributed by atoms with Gasteiger partial charge in [-0.1, -0.05) is 12.1 Å². The summed E-state index contributed by atoms with van der Waals surface area (Å²) in [6.07, 6.45) is -0.439. The van der Waals surface area contributed by atoms with Gasteiger partial charge in [-0.3, -0.25) is 19.5 Å². The number of hydrogen-bond acceptors (Lipinski definition) is 12. The number of carbonyl (C=O) groups is 1. The number of rotatable bonds is 10. The Morgan fingerprint density at radius 2 is 1.83 bits per heavy atom. The van der Waals surface area contributed by atoms with Gasteiger partial charge in [-0.25, -0.2) is 15.0 Å². The number of benzene rings is 2. The van der Waals surface area contributed by atoms with Crippen molar-refractivity contribution in [3.63, 3.8) is 0 Å². The second-order valence-corrected chi connectivity index (χ2v) is 9.60. The number of nitro groups is 1. The number of fused-ring (bicyclic) bond motifs is 1. The molecule has 2 aromatic carbocycles. The summed E-state index contributed by atoms with van der Waals surface area (Å²) < 4.78 is 18.0. The van der Waals surface area contributed by atoms with Crippen LogP contribution in [0.15, 0.2) is 55.1 Å². The molecule has 0 spiro atoms. The Hall–Kier alpha value is -4.86. The molecular weight excluding hydrogens is 550 g/mol. The van der Waals surface area contributed by atoms with Crippen molar-refractivity contribution in [1.82, 2.24) is 24.8 Å². The Balaban J connectivity index is 1.42. The highest BCUT2D eigenvalue weighted by atomic mass is 16.6. The van der Waals surface area contributed by atoms with E-state index in [1.165, 1.54) is 51.1 Å². The zero-order valence-corrected chi connectivity index (χ0v) is 22.9. The molecule has 220 valence electrons. The van der Waals surface area contributed by atoms with Crippen molar-refractivity contribution in [2.75, 3.05) is 26.1 Å². The highest BCUT2D eigenvalue weighted by Crippen LogP contribution is 2.33. The number of nitrogens with one attached hydrogen (secondary N) is 2. The van der Waals surface area contributed by atoms with E-state index < -0.39 is 41.9 Å². The molecule has 3 heterocycles. The van der Waals surface area contributed by atoms with Crippen LogP contribution in [0.1, 0.15) is 35.1 Å². The van der Waals surface area contributed by atoms with Crippen LogP contribution >= 0.6 is 0 Å². The van der Waals surface area contributed by atoms with Gasteiger partial charge in [-0.05, 0) is 24.6 Å². The molecule has 42 heavy (non-hydrogen) atoms. The number of ether oxygens (including phenoxy) is 3. The van der Waals surface area contributed by atoms with E-state index in [9.17, 15) is 25.1 Å². The number of aromatic nitrogens is 4. The highest BCUT2D eigenvalue weighted by Gasteiger charge is 2.46. The van der Waals surface area contributed by atoms with Gasteiger partial charge in [-0.2, -0.15) is 0 Å². The quantitative estimate of drug-likeness (QED) is 0.158. The van der Waals surface area contributed by atoms with E-state index in [2.05, 4.69) is 25.6 Å². The number of imidazole rings is 1. The maximum atomic E-state index is 13.3. The largest absolute Gasteiger partial charge is 0.497 e. The van der Waals surface area contributed by atoms with Gasteiger partial charge in [0, 0.05) is 23.8 Å². The van der Waals surface area contributed by atoms with Gasteiger partial charge < -0.3 is 35.1 Å². The van der Waals surface area contributed by atoms with Crippen LogP contribution in [0.2, 0.25) is 0 Å². The fraction of sp³-hybridized carbons (Fsp3) is 0.333. The molecule has 2 aromatic heterocycles. The average Bonchev–Trinajstić information content (AvgIpc) is 3.57. The number of anilines is 1. The molecule has 0 aliphatic carbocycles. The fourth-order valence-electron chi connectivity index (χ4n) is 4.78. The molecule has 1 amide bonds. The van der Waals surface area contributed by atoms with Crippen molar-refractivity contribution in [3.8, 4) is 11.5 Å². The molecule has 1 fully saturated rings. The van der Waals surface area contributed by atoms with Crippen LogP contribution in [0.3, 0.4) is 0 Å². The molecule has 5 rings (SSSR count). The number of non-ortho nitro benzene ring substituents is 1. The van der Waals surface area contributed by atoms with Gasteiger partial charge >= 0.3 is 0 Å². The summed E-state index contributed by atoms with van der Waals surface area (Å²) >= 11 is 0. The SMILES string of the molecule is COc1cc(OC)cc(C(=O)N[C@@H]2[C@H](O)[C@@H](CO)O[C@H]2n2cnc3c(N[C@H](C)c4ccc([N+](=O)[O-])cc4)ncnc32)c1. The third kappa shape index (κ3) is 5.52. The molecule has 0 bridgehead atoms. The number of carbonyl (C=O) groups excluding carboxylic acids is 1. The minimum Gasteiger partial charge on any atom is -0.497 e. The molecule has 0 unspecified atom stereocenters. The van der Waals surface area contributed by atoms with E-state index in [0.717, 1.165) is 5.56 Å². The molecule has 1 aliphatic rings. The Kier molecular flexibility index (Phi) is 8.15. The summed E-state index contributed by atoms with van der Waals surface area (Å²) in [6.45, 7) is 1.38. The van der Waals surface area contributed by atoms with E-state index in [1.807, 2.05) is 6.92 Å². The molecule has 4 aromatic rings. The maximum absolute atomic E-state index is 13.3. The lowest BCUT2D eigenvalue weighted by molar-refractivity contribution is -0.384. The molecular formula is C27H29N7O8. The molecule has 5 atom stereocenters. The van der Waals surface area contributed by atoms with Crippen molar-refractivity contribution >= 4 is 28.6 Å². The number of hydrogen-bond donors (Lipinski definition) is 4. The van der Waals surface area contributed by atoms with Gasteiger partial charge in [-0.15, -0.1) is 0 Å². The lowest BCUT2D eigenvalue weighted by Gasteiger charge is -2.23. The maximum Gasteiger partial charge on any atom is 0.269 e. The highest BCUT2D eigenvalue weighted by molar-refractivity contribution is 5.95. The molecule has 15 nitrogen and oxygen atoms in total. The molecule has 15 heteroatoms. The lowest BCUT2D eigenvalue weighted by Crippen LogP contribution is -2.46. The van der Waals surface area contributed by atoms with Crippen LogP contribution in [-0.4, -0.2) is 79.6 Å². The van der Waals surface area contributed by atoms with Crippen molar-refractivity contribution in [3.05, 3.63) is 76.4 Å². The van der Waals surface area contributed by atoms with Crippen LogP contribution in [0.25, 0.3) is 11.2 Å². The van der Waals surface area contributed by atoms with Crippen LogP contribution in [0.4, 0.5) is 11.5 Å². The first kappa shape index (κ1) is 28.7. The first-order valence-electron chi connectivity index (χ1n) is 12.9. The molecule has 0 saturated carbocycles. The number of nitrogens with zero attached hydrogens (tertiary/aromatic N) is 5. The van der Waals surface area contributed by atoms with E-state index >= 15 is 0 Å². The van der Waals surface area contributed by atoms with Crippen molar-refractivity contribution in [1.29, 1.82) is 0 Å². The summed E-state index contributed by atoms with van der Waals surface area (Å²) in [5, 5.41) is 37.9. The number of aliphatic hydroxyl groups excluding tert-OH is 2. The Labute approximate surface area is 239 Å². The Bertz CT molecular complexity index is 1570. The Morgan fingerprint density at radius 1 is 1.14 bits per heavy atom. The summed E-state index contributed by atoms with van der Waals surface area (Å²) in [7, 11) is 2.93. The number of methoxy groups -OCH3 is 2. The van der Waals surface area contributed by atoms with E-state index in [4.69, 9.17) is 14.2 Å². The Morgan fingerprint density at radius 3 is 2.45 bits per heavy atom. The van der Waals surface area contributed by atoms with Crippen molar-refractivity contribution in [2.45, 2.75) is 37.4 Å². The van der Waals surface area contributed by atoms with Crippen LogP contribution in [0.5, 0.6) is 11.5 Å². The molecule has 0 radical (unpaired) electrons. The molecule has 4 N–H and O–H groups in total. The van der Waals surface area contributed by atoms with Crippen LogP contribution in [0, 0.1) is 10.1 Å². The van der Waals surface area contributed by atoms with E-state index in [1.54, 1.807) is 22.8 Å². The van der Waals surface area contributed by atoms with E-state index in [-0.39, 0.29) is 17.3 Å².